The molecule has 1 fully saturated rings. The average Bonchev–Trinajstić information content (AvgIpc) is 2.46. The molecule has 0 atom stereocenters. The van der Waals surface area contributed by atoms with Crippen LogP contribution in [-0.2, 0) is 0 Å². The molecular weight excluding hydrogens is 320 g/mol. The number of alkyl halides is 2. The van der Waals surface area contributed by atoms with Crippen molar-refractivity contribution in [2.75, 3.05) is 18.4 Å². The number of nitro groups is 1. The Morgan fingerprint density at radius 1 is 1.33 bits per heavy atom. The molecule has 8 heteroatoms. The number of anilines is 1. The van der Waals surface area contributed by atoms with Crippen molar-refractivity contribution in [1.82, 2.24) is 4.90 Å². The fourth-order valence-corrected chi connectivity index (χ4v) is 2.88. The number of hydrogen-bond acceptors (Lipinski definition) is 5. The third-order valence-electron chi connectivity index (χ3n) is 4.19. The SMILES string of the molecule is CC(C)(C)N1CCC(Nc2ccc([N+](=O)[O-])c(OC(F)F)c2)CC1. The van der Waals surface area contributed by atoms with E-state index in [2.05, 4.69) is 35.7 Å². The number of piperidine rings is 1. The van der Waals surface area contributed by atoms with E-state index in [-0.39, 0.29) is 11.6 Å². The number of halogens is 2. The second kappa shape index (κ2) is 7.29. The van der Waals surface area contributed by atoms with Crippen molar-refractivity contribution >= 4 is 11.4 Å². The molecule has 0 unspecified atom stereocenters. The predicted molar refractivity (Wildman–Crippen MR) is 87.7 cm³/mol. The Balaban J connectivity index is 2.04. The highest BCUT2D eigenvalue weighted by molar-refractivity contribution is 5.58. The number of rotatable bonds is 5. The third-order valence-corrected chi connectivity index (χ3v) is 4.19. The van der Waals surface area contributed by atoms with E-state index in [0.717, 1.165) is 25.9 Å². The van der Waals surface area contributed by atoms with E-state index in [4.69, 9.17) is 0 Å². The molecular formula is C16H23F2N3O3. The summed E-state index contributed by atoms with van der Waals surface area (Å²) in [6.45, 7) is 5.29. The van der Waals surface area contributed by atoms with Gasteiger partial charge in [0.1, 0.15) is 0 Å². The normalized spacial score (nSPS) is 17.1. The van der Waals surface area contributed by atoms with E-state index in [1.54, 1.807) is 0 Å². The largest absolute Gasteiger partial charge is 0.427 e. The summed E-state index contributed by atoms with van der Waals surface area (Å²) in [6.07, 6.45) is 1.83. The molecule has 0 aromatic heterocycles. The summed E-state index contributed by atoms with van der Waals surface area (Å²) in [4.78, 5) is 12.6. The monoisotopic (exact) mass is 343 g/mol. The lowest BCUT2D eigenvalue weighted by Crippen LogP contribution is -2.48. The van der Waals surface area contributed by atoms with E-state index in [1.807, 2.05) is 0 Å². The van der Waals surface area contributed by atoms with Gasteiger partial charge < -0.3 is 10.1 Å². The lowest BCUT2D eigenvalue weighted by molar-refractivity contribution is -0.386. The highest BCUT2D eigenvalue weighted by Gasteiger charge is 2.27. The van der Waals surface area contributed by atoms with Gasteiger partial charge in [-0.05, 0) is 39.7 Å². The molecule has 1 saturated heterocycles. The molecule has 1 aliphatic rings. The molecule has 1 aliphatic heterocycles. The Kier molecular flexibility index (Phi) is 5.58. The minimum Gasteiger partial charge on any atom is -0.427 e. The highest BCUT2D eigenvalue weighted by atomic mass is 19.3. The molecule has 0 amide bonds. The third kappa shape index (κ3) is 4.77. The molecule has 1 N–H and O–H groups in total. The van der Waals surface area contributed by atoms with Crippen molar-refractivity contribution < 1.29 is 18.4 Å². The predicted octanol–water partition coefficient (Wildman–Crippen LogP) is 3.87. The van der Waals surface area contributed by atoms with Crippen LogP contribution in [0.1, 0.15) is 33.6 Å². The van der Waals surface area contributed by atoms with Crippen molar-refractivity contribution in [3.8, 4) is 5.75 Å². The van der Waals surface area contributed by atoms with Gasteiger partial charge in [0.15, 0.2) is 0 Å². The number of nitrogens with one attached hydrogen (secondary N) is 1. The average molecular weight is 343 g/mol. The zero-order valence-corrected chi connectivity index (χ0v) is 14.1. The smallest absolute Gasteiger partial charge is 0.387 e. The van der Waals surface area contributed by atoms with Gasteiger partial charge in [0.25, 0.3) is 0 Å². The van der Waals surface area contributed by atoms with Crippen molar-refractivity contribution in [3.63, 3.8) is 0 Å². The summed E-state index contributed by atoms with van der Waals surface area (Å²) in [5, 5.41) is 14.1. The van der Waals surface area contributed by atoms with Gasteiger partial charge in [-0.2, -0.15) is 8.78 Å². The second-order valence-corrected chi connectivity index (χ2v) is 6.89. The van der Waals surface area contributed by atoms with Crippen LogP contribution in [0.5, 0.6) is 5.75 Å². The van der Waals surface area contributed by atoms with Crippen molar-refractivity contribution in [2.24, 2.45) is 0 Å². The fourth-order valence-electron chi connectivity index (χ4n) is 2.88. The number of benzene rings is 1. The Bertz CT molecular complexity index is 582. The molecule has 24 heavy (non-hydrogen) atoms. The molecule has 0 saturated carbocycles. The van der Waals surface area contributed by atoms with Gasteiger partial charge in [-0.25, -0.2) is 0 Å². The summed E-state index contributed by atoms with van der Waals surface area (Å²) < 4.78 is 29.2. The van der Waals surface area contributed by atoms with Crippen LogP contribution in [0.25, 0.3) is 0 Å². The molecule has 0 aliphatic carbocycles. The maximum atomic E-state index is 12.4. The fraction of sp³-hybridized carbons (Fsp3) is 0.625. The summed E-state index contributed by atoms with van der Waals surface area (Å²) in [5.74, 6) is -0.424. The first-order valence-electron chi connectivity index (χ1n) is 7.91. The number of hydrogen-bond donors (Lipinski definition) is 1. The van der Waals surface area contributed by atoms with E-state index < -0.39 is 23.0 Å². The Hall–Kier alpha value is -1.96. The first-order chi connectivity index (χ1) is 11.2. The number of likely N-dealkylation sites (tertiary alicyclic amines) is 1. The van der Waals surface area contributed by atoms with Crippen molar-refractivity contribution in [1.29, 1.82) is 0 Å². The van der Waals surface area contributed by atoms with Gasteiger partial charge >= 0.3 is 12.3 Å². The Labute approximate surface area is 139 Å². The minimum absolute atomic E-state index is 0.122. The van der Waals surface area contributed by atoms with Gasteiger partial charge in [0.2, 0.25) is 5.75 Å². The summed E-state index contributed by atoms with van der Waals surface area (Å²) >= 11 is 0. The molecule has 2 rings (SSSR count). The van der Waals surface area contributed by atoms with E-state index in [9.17, 15) is 18.9 Å². The van der Waals surface area contributed by atoms with Crippen LogP contribution in [0.3, 0.4) is 0 Å². The number of nitro benzene ring substituents is 1. The zero-order chi connectivity index (χ0) is 17.9. The number of ether oxygens (including phenoxy) is 1. The van der Waals surface area contributed by atoms with Crippen LogP contribution in [0.2, 0.25) is 0 Å². The minimum atomic E-state index is -3.10. The van der Waals surface area contributed by atoms with Crippen LogP contribution >= 0.6 is 0 Å². The molecule has 134 valence electrons. The molecule has 1 heterocycles. The lowest BCUT2D eigenvalue weighted by Gasteiger charge is -2.41. The van der Waals surface area contributed by atoms with E-state index >= 15 is 0 Å². The Morgan fingerprint density at radius 3 is 2.46 bits per heavy atom. The quantitative estimate of drug-likeness (QED) is 0.649. The van der Waals surface area contributed by atoms with Crippen molar-refractivity contribution in [3.05, 3.63) is 28.3 Å². The maximum Gasteiger partial charge on any atom is 0.387 e. The molecule has 1 aromatic carbocycles. The van der Waals surface area contributed by atoms with Crippen LogP contribution in [0.15, 0.2) is 18.2 Å². The topological polar surface area (TPSA) is 67.6 Å². The molecule has 0 radical (unpaired) electrons. The van der Waals surface area contributed by atoms with Gasteiger partial charge in [-0.15, -0.1) is 0 Å². The standard InChI is InChI=1S/C16H23F2N3O3/c1-16(2,3)20-8-6-11(7-9-20)19-12-4-5-13(21(22)23)14(10-12)24-15(17)18/h4-5,10-11,15,19H,6-9H2,1-3H3. The maximum absolute atomic E-state index is 12.4. The summed E-state index contributed by atoms with van der Waals surface area (Å²) in [5.41, 5.74) is 0.199. The van der Waals surface area contributed by atoms with Gasteiger partial charge in [-0.1, -0.05) is 0 Å². The zero-order valence-electron chi connectivity index (χ0n) is 14.1. The second-order valence-electron chi connectivity index (χ2n) is 6.89. The first kappa shape index (κ1) is 18.4. The van der Waals surface area contributed by atoms with Crippen LogP contribution < -0.4 is 10.1 Å². The van der Waals surface area contributed by atoms with Crippen LogP contribution in [-0.4, -0.2) is 41.1 Å². The van der Waals surface area contributed by atoms with Crippen LogP contribution in [0.4, 0.5) is 20.2 Å². The molecule has 0 spiro atoms. The summed E-state index contributed by atoms with van der Waals surface area (Å²) in [6, 6.07) is 4.17. The van der Waals surface area contributed by atoms with Crippen LogP contribution in [0, 0.1) is 10.1 Å². The molecule has 6 nitrogen and oxygen atoms in total. The highest BCUT2D eigenvalue weighted by Crippen LogP contribution is 2.32. The molecule has 1 aromatic rings. The van der Waals surface area contributed by atoms with Gasteiger partial charge in [0.05, 0.1) is 4.92 Å². The van der Waals surface area contributed by atoms with Gasteiger partial charge in [-0.3, -0.25) is 15.0 Å². The first-order valence-corrected chi connectivity index (χ1v) is 7.91. The van der Waals surface area contributed by atoms with E-state index in [1.165, 1.54) is 18.2 Å². The Morgan fingerprint density at radius 2 is 1.96 bits per heavy atom. The van der Waals surface area contributed by atoms with Crippen molar-refractivity contribution in [2.45, 2.75) is 51.8 Å². The molecule has 0 bridgehead atoms. The van der Waals surface area contributed by atoms with E-state index in [0.29, 0.717) is 5.69 Å². The lowest BCUT2D eigenvalue weighted by atomic mass is 9.98. The summed E-state index contributed by atoms with van der Waals surface area (Å²) in [7, 11) is 0. The van der Waals surface area contributed by atoms with Gasteiger partial charge in [0, 0.05) is 42.5 Å². The number of nitrogens with zero attached hydrogens (tertiary/aromatic N) is 2.